The highest BCUT2D eigenvalue weighted by Gasteiger charge is 2.33. The molecule has 0 saturated heterocycles. The van der Waals surface area contributed by atoms with Crippen molar-refractivity contribution in [1.29, 1.82) is 0 Å². The summed E-state index contributed by atoms with van der Waals surface area (Å²) in [5, 5.41) is 11.4. The minimum atomic E-state index is -0.969. The van der Waals surface area contributed by atoms with Gasteiger partial charge in [0.2, 0.25) is 0 Å². The summed E-state index contributed by atoms with van der Waals surface area (Å²) in [6, 6.07) is -0.685. The minimum Gasteiger partial charge on any atom is -0.480 e. The maximum absolute atomic E-state index is 11.8. The van der Waals surface area contributed by atoms with Gasteiger partial charge >= 0.3 is 12.0 Å². The van der Waals surface area contributed by atoms with Crippen LogP contribution in [0.2, 0.25) is 0 Å². The number of urea groups is 1. The normalized spacial score (nSPS) is 16.6. The summed E-state index contributed by atoms with van der Waals surface area (Å²) in [6.45, 7) is 4.46. The van der Waals surface area contributed by atoms with Gasteiger partial charge in [-0.1, -0.05) is 13.8 Å². The van der Waals surface area contributed by atoms with Gasteiger partial charge in [0.15, 0.2) is 0 Å². The van der Waals surface area contributed by atoms with Gasteiger partial charge in [-0.15, -0.1) is 0 Å². The molecular formula is C11H20N2O3. The fourth-order valence-electron chi connectivity index (χ4n) is 1.65. The van der Waals surface area contributed by atoms with Gasteiger partial charge in [-0.2, -0.15) is 0 Å². The van der Waals surface area contributed by atoms with Crippen LogP contribution >= 0.6 is 0 Å². The first-order valence-electron chi connectivity index (χ1n) is 5.90. The number of hydrogen-bond donors (Lipinski definition) is 2. The molecule has 0 heterocycles. The lowest BCUT2D eigenvalue weighted by atomic mass is 10.2. The van der Waals surface area contributed by atoms with Crippen LogP contribution < -0.4 is 5.32 Å². The molecule has 0 aromatic rings. The van der Waals surface area contributed by atoms with Crippen molar-refractivity contribution in [3.8, 4) is 0 Å². The molecule has 0 aromatic heterocycles. The summed E-state index contributed by atoms with van der Waals surface area (Å²) >= 11 is 0. The van der Waals surface area contributed by atoms with Crippen LogP contribution in [-0.4, -0.2) is 40.6 Å². The number of nitrogens with one attached hydrogen (secondary N) is 1. The zero-order valence-corrected chi connectivity index (χ0v) is 9.90. The van der Waals surface area contributed by atoms with Gasteiger partial charge in [-0.3, -0.25) is 0 Å². The molecule has 5 nitrogen and oxygen atoms in total. The Balaban J connectivity index is 2.50. The smallest absolute Gasteiger partial charge is 0.326 e. The van der Waals surface area contributed by atoms with Crippen molar-refractivity contribution < 1.29 is 14.7 Å². The monoisotopic (exact) mass is 228 g/mol. The zero-order chi connectivity index (χ0) is 12.1. The van der Waals surface area contributed by atoms with E-state index in [4.69, 9.17) is 5.11 Å². The Morgan fingerprint density at radius 2 is 2.06 bits per heavy atom. The van der Waals surface area contributed by atoms with Crippen LogP contribution in [-0.2, 0) is 4.79 Å². The van der Waals surface area contributed by atoms with Gasteiger partial charge in [0.05, 0.1) is 0 Å². The summed E-state index contributed by atoms with van der Waals surface area (Å²) in [5.74, 6) is -0.969. The number of carbonyl (C=O) groups is 2. The Kier molecular flexibility index (Phi) is 4.58. The second-order valence-electron chi connectivity index (χ2n) is 4.17. The van der Waals surface area contributed by atoms with E-state index in [1.165, 1.54) is 0 Å². The molecule has 0 bridgehead atoms. The maximum Gasteiger partial charge on any atom is 0.326 e. The molecule has 0 spiro atoms. The number of carboxylic acid groups (broad SMARTS) is 1. The van der Waals surface area contributed by atoms with E-state index in [9.17, 15) is 9.59 Å². The van der Waals surface area contributed by atoms with Crippen LogP contribution in [0.25, 0.3) is 0 Å². The van der Waals surface area contributed by atoms with Gasteiger partial charge in [-0.05, 0) is 25.7 Å². The fourth-order valence-corrected chi connectivity index (χ4v) is 1.65. The molecule has 0 aromatic carbocycles. The Morgan fingerprint density at radius 3 is 2.44 bits per heavy atom. The summed E-state index contributed by atoms with van der Waals surface area (Å²) in [7, 11) is 0. The number of carbonyl (C=O) groups excluding carboxylic acids is 1. The van der Waals surface area contributed by atoms with E-state index in [1.807, 2.05) is 6.92 Å². The Morgan fingerprint density at radius 1 is 1.44 bits per heavy atom. The minimum absolute atomic E-state index is 0.237. The lowest BCUT2D eigenvalue weighted by Crippen LogP contribution is -2.48. The topological polar surface area (TPSA) is 69.6 Å². The highest BCUT2D eigenvalue weighted by Crippen LogP contribution is 2.26. The van der Waals surface area contributed by atoms with Gasteiger partial charge in [-0.25, -0.2) is 9.59 Å². The number of hydrogen-bond acceptors (Lipinski definition) is 2. The van der Waals surface area contributed by atoms with Gasteiger partial charge < -0.3 is 15.3 Å². The van der Waals surface area contributed by atoms with Crippen molar-refractivity contribution >= 4 is 12.0 Å². The predicted molar refractivity (Wildman–Crippen MR) is 60.3 cm³/mol. The third-order valence-electron chi connectivity index (χ3n) is 2.72. The fraction of sp³-hybridized carbons (Fsp3) is 0.818. The van der Waals surface area contributed by atoms with Crippen LogP contribution in [0.1, 0.15) is 39.5 Å². The summed E-state index contributed by atoms with van der Waals surface area (Å²) in [4.78, 5) is 24.4. The van der Waals surface area contributed by atoms with E-state index < -0.39 is 12.0 Å². The molecule has 0 aliphatic heterocycles. The standard InChI is InChI=1S/C11H20N2O3/c1-3-7-13(8-5-6-8)11(16)12-9(4-2)10(14)15/h8-9H,3-7H2,1-2H3,(H,12,16)(H,14,15)/t9-/m0/s1. The summed E-state index contributed by atoms with van der Waals surface area (Å²) in [6.07, 6.45) is 3.38. The van der Waals surface area contributed by atoms with E-state index in [0.717, 1.165) is 19.3 Å². The first kappa shape index (κ1) is 12.8. The number of carboxylic acids is 1. The van der Waals surface area contributed by atoms with Crippen molar-refractivity contribution in [3.05, 3.63) is 0 Å². The summed E-state index contributed by atoms with van der Waals surface area (Å²) < 4.78 is 0. The van der Waals surface area contributed by atoms with Crippen molar-refractivity contribution in [2.75, 3.05) is 6.54 Å². The third-order valence-corrected chi connectivity index (χ3v) is 2.72. The van der Waals surface area contributed by atoms with E-state index in [1.54, 1.807) is 11.8 Å². The molecule has 2 amide bonds. The average molecular weight is 228 g/mol. The number of nitrogens with zero attached hydrogens (tertiary/aromatic N) is 1. The van der Waals surface area contributed by atoms with Crippen LogP contribution in [0.5, 0.6) is 0 Å². The first-order valence-corrected chi connectivity index (χ1v) is 5.90. The quantitative estimate of drug-likeness (QED) is 0.722. The van der Waals surface area contributed by atoms with Crippen LogP contribution in [0.3, 0.4) is 0 Å². The number of aliphatic carboxylic acids is 1. The molecule has 5 heteroatoms. The van der Waals surface area contributed by atoms with Crippen LogP contribution in [0.15, 0.2) is 0 Å². The Bertz CT molecular complexity index is 264. The molecule has 1 fully saturated rings. The molecule has 1 atom stereocenters. The highest BCUT2D eigenvalue weighted by atomic mass is 16.4. The van der Waals surface area contributed by atoms with Crippen LogP contribution in [0, 0.1) is 0 Å². The molecule has 16 heavy (non-hydrogen) atoms. The number of amides is 2. The van der Waals surface area contributed by atoms with E-state index in [-0.39, 0.29) is 6.03 Å². The lowest BCUT2D eigenvalue weighted by Gasteiger charge is -2.24. The first-order chi connectivity index (χ1) is 7.60. The molecule has 0 radical (unpaired) electrons. The second kappa shape index (κ2) is 5.72. The average Bonchev–Trinajstić information content (AvgIpc) is 3.05. The van der Waals surface area contributed by atoms with Crippen molar-refractivity contribution in [2.24, 2.45) is 0 Å². The van der Waals surface area contributed by atoms with E-state index >= 15 is 0 Å². The molecule has 1 saturated carbocycles. The molecular weight excluding hydrogens is 208 g/mol. The Hall–Kier alpha value is -1.26. The van der Waals surface area contributed by atoms with Crippen molar-refractivity contribution in [3.63, 3.8) is 0 Å². The van der Waals surface area contributed by atoms with Crippen LogP contribution in [0.4, 0.5) is 4.79 Å². The third kappa shape index (κ3) is 3.40. The van der Waals surface area contributed by atoms with Crippen molar-refractivity contribution in [2.45, 2.75) is 51.6 Å². The molecule has 0 unspecified atom stereocenters. The van der Waals surface area contributed by atoms with E-state index in [0.29, 0.717) is 19.0 Å². The molecule has 1 aliphatic carbocycles. The molecule has 2 N–H and O–H groups in total. The van der Waals surface area contributed by atoms with Gasteiger partial charge in [0.1, 0.15) is 6.04 Å². The lowest BCUT2D eigenvalue weighted by molar-refractivity contribution is -0.139. The Labute approximate surface area is 95.8 Å². The van der Waals surface area contributed by atoms with E-state index in [2.05, 4.69) is 5.32 Å². The van der Waals surface area contributed by atoms with Gasteiger partial charge in [0, 0.05) is 12.6 Å². The van der Waals surface area contributed by atoms with Crippen molar-refractivity contribution in [1.82, 2.24) is 10.2 Å². The molecule has 92 valence electrons. The zero-order valence-electron chi connectivity index (χ0n) is 9.90. The highest BCUT2D eigenvalue weighted by molar-refractivity contribution is 5.82. The van der Waals surface area contributed by atoms with Gasteiger partial charge in [0.25, 0.3) is 0 Å². The number of rotatable bonds is 6. The molecule has 1 aliphatic rings. The SMILES string of the molecule is CCCN(C(=O)N[C@@H](CC)C(=O)O)C1CC1. The maximum atomic E-state index is 11.8. The largest absolute Gasteiger partial charge is 0.480 e. The predicted octanol–water partition coefficient (Wildman–Crippen LogP) is 1.43. The summed E-state index contributed by atoms with van der Waals surface area (Å²) in [5.41, 5.74) is 0. The molecule has 1 rings (SSSR count). The second-order valence-corrected chi connectivity index (χ2v) is 4.17.